The molecule has 2 N–H and O–H groups in total. The van der Waals surface area contributed by atoms with Crippen molar-refractivity contribution in [3.8, 4) is 0 Å². The number of H-pyrrole nitrogens is 1. The Kier molecular flexibility index (Phi) is 5.48. The van der Waals surface area contributed by atoms with E-state index >= 15 is 0 Å². The summed E-state index contributed by atoms with van der Waals surface area (Å²) in [5.41, 5.74) is 0.233. The Morgan fingerprint density at radius 1 is 1.11 bits per heavy atom. The molecule has 0 radical (unpaired) electrons. The van der Waals surface area contributed by atoms with Crippen LogP contribution in [-0.2, 0) is 9.84 Å². The second-order valence-corrected chi connectivity index (χ2v) is 8.42. The van der Waals surface area contributed by atoms with Gasteiger partial charge < -0.3 is 5.32 Å². The van der Waals surface area contributed by atoms with Crippen molar-refractivity contribution >= 4 is 27.1 Å². The quantitative estimate of drug-likeness (QED) is 0.654. The van der Waals surface area contributed by atoms with Crippen molar-refractivity contribution in [1.82, 2.24) is 10.2 Å². The van der Waals surface area contributed by atoms with E-state index < -0.39 is 33.1 Å². The molecule has 1 heterocycles. The van der Waals surface area contributed by atoms with Crippen molar-refractivity contribution in [3.63, 3.8) is 0 Å². The zero-order chi connectivity index (χ0) is 20.5. The Hall–Kier alpha value is -2.78. The van der Waals surface area contributed by atoms with Crippen LogP contribution in [0.4, 0.5) is 14.5 Å². The molecule has 28 heavy (non-hydrogen) atoms. The summed E-state index contributed by atoms with van der Waals surface area (Å²) in [7, 11) is -3.50. The smallest absolute Gasteiger partial charge is 0.285 e. The number of anilines is 1. The summed E-state index contributed by atoms with van der Waals surface area (Å²) < 4.78 is 51.0. The molecule has 0 amide bonds. The van der Waals surface area contributed by atoms with Gasteiger partial charge in [0.1, 0.15) is 5.02 Å². The molecular formula is C18H14ClF2N3O3S. The third-order valence-corrected chi connectivity index (χ3v) is 5.48. The van der Waals surface area contributed by atoms with E-state index in [4.69, 9.17) is 11.6 Å². The van der Waals surface area contributed by atoms with E-state index in [-0.39, 0.29) is 15.6 Å². The maximum atomic E-state index is 13.8. The fourth-order valence-electron chi connectivity index (χ4n) is 2.62. The summed E-state index contributed by atoms with van der Waals surface area (Å²) in [6, 6.07) is 8.41. The van der Waals surface area contributed by atoms with Gasteiger partial charge in [0, 0.05) is 6.26 Å². The van der Waals surface area contributed by atoms with Crippen LogP contribution in [0.3, 0.4) is 0 Å². The lowest BCUT2D eigenvalue weighted by Gasteiger charge is -2.22. The fraction of sp³-hybridized carbons (Fsp3) is 0.111. The average molecular weight is 426 g/mol. The first-order valence-electron chi connectivity index (χ1n) is 7.91. The molecule has 1 aromatic heterocycles. The molecule has 0 fully saturated rings. The molecule has 146 valence electrons. The highest BCUT2D eigenvalue weighted by atomic mass is 35.5. The highest BCUT2D eigenvalue weighted by molar-refractivity contribution is 7.90. The van der Waals surface area contributed by atoms with Gasteiger partial charge in [-0.3, -0.25) is 4.79 Å². The van der Waals surface area contributed by atoms with Gasteiger partial charge in [-0.25, -0.2) is 22.3 Å². The monoisotopic (exact) mass is 425 g/mol. The van der Waals surface area contributed by atoms with Crippen LogP contribution in [-0.4, -0.2) is 24.9 Å². The standard InChI is InChI=1S/C18H14ClF2N3O3S/c1-28(26,27)12-4-2-3-10(7-12)17(11-5-6-13(20)14(21)8-11)23-15-9-22-24-18(25)16(15)19/h2-9,17H,1H3,(H2,23,24,25). The molecular weight excluding hydrogens is 412 g/mol. The lowest BCUT2D eigenvalue weighted by Crippen LogP contribution is -2.17. The van der Waals surface area contributed by atoms with E-state index in [1.54, 1.807) is 6.07 Å². The number of halogens is 3. The third-order valence-electron chi connectivity index (χ3n) is 3.99. The SMILES string of the molecule is CS(=O)(=O)c1cccc(C(Nc2cn[nH]c(=O)c2Cl)c2ccc(F)c(F)c2)c1. The molecule has 3 aromatic rings. The van der Waals surface area contributed by atoms with Crippen molar-refractivity contribution in [3.05, 3.63) is 86.8 Å². The minimum atomic E-state index is -3.50. The minimum Gasteiger partial charge on any atom is -0.371 e. The molecule has 0 spiro atoms. The number of nitrogens with zero attached hydrogens (tertiary/aromatic N) is 1. The van der Waals surface area contributed by atoms with Crippen LogP contribution in [0.25, 0.3) is 0 Å². The van der Waals surface area contributed by atoms with Gasteiger partial charge >= 0.3 is 0 Å². The van der Waals surface area contributed by atoms with Gasteiger partial charge in [0.05, 0.1) is 22.8 Å². The highest BCUT2D eigenvalue weighted by Crippen LogP contribution is 2.30. The molecule has 0 saturated carbocycles. The van der Waals surface area contributed by atoms with E-state index in [9.17, 15) is 22.0 Å². The van der Waals surface area contributed by atoms with E-state index in [0.29, 0.717) is 11.1 Å². The summed E-state index contributed by atoms with van der Waals surface area (Å²) in [4.78, 5) is 11.8. The van der Waals surface area contributed by atoms with Gasteiger partial charge in [-0.15, -0.1) is 0 Å². The van der Waals surface area contributed by atoms with Crippen molar-refractivity contribution in [2.75, 3.05) is 11.6 Å². The van der Waals surface area contributed by atoms with E-state index in [2.05, 4.69) is 15.5 Å². The molecule has 0 aliphatic rings. The number of benzene rings is 2. The second-order valence-electron chi connectivity index (χ2n) is 6.02. The maximum absolute atomic E-state index is 13.8. The number of aromatic nitrogens is 2. The maximum Gasteiger partial charge on any atom is 0.285 e. The first-order chi connectivity index (χ1) is 13.2. The first kappa shape index (κ1) is 20.0. The van der Waals surface area contributed by atoms with Crippen molar-refractivity contribution < 1.29 is 17.2 Å². The van der Waals surface area contributed by atoms with E-state index in [0.717, 1.165) is 18.4 Å². The van der Waals surface area contributed by atoms with Gasteiger partial charge in [-0.05, 0) is 35.4 Å². The number of hydrogen-bond donors (Lipinski definition) is 2. The van der Waals surface area contributed by atoms with Crippen LogP contribution >= 0.6 is 11.6 Å². The Labute approximate surface area is 164 Å². The molecule has 2 aromatic carbocycles. The fourth-order valence-corrected chi connectivity index (χ4v) is 3.44. The third kappa shape index (κ3) is 4.20. The van der Waals surface area contributed by atoms with Crippen LogP contribution in [0.2, 0.25) is 5.02 Å². The topological polar surface area (TPSA) is 91.9 Å². The first-order valence-corrected chi connectivity index (χ1v) is 10.2. The predicted molar refractivity (Wildman–Crippen MR) is 101 cm³/mol. The minimum absolute atomic E-state index is 0.0505. The molecule has 10 heteroatoms. The Morgan fingerprint density at radius 3 is 2.50 bits per heavy atom. The van der Waals surface area contributed by atoms with E-state index in [1.165, 1.54) is 30.5 Å². The van der Waals surface area contributed by atoms with E-state index in [1.807, 2.05) is 0 Å². The molecule has 3 rings (SSSR count). The van der Waals surface area contributed by atoms with Crippen LogP contribution in [0.15, 0.2) is 58.4 Å². The summed E-state index contributed by atoms with van der Waals surface area (Å²) in [5, 5.41) is 8.60. The largest absolute Gasteiger partial charge is 0.371 e. The lowest BCUT2D eigenvalue weighted by molar-refractivity contribution is 0.506. The number of sulfone groups is 1. The molecule has 1 unspecified atom stereocenters. The number of aromatic amines is 1. The predicted octanol–water partition coefficient (Wildman–Crippen LogP) is 3.31. The number of nitrogens with one attached hydrogen (secondary N) is 2. The second kappa shape index (κ2) is 7.69. The summed E-state index contributed by atoms with van der Waals surface area (Å²) >= 11 is 6.00. The van der Waals surface area contributed by atoms with Gasteiger partial charge in [0.15, 0.2) is 21.5 Å². The van der Waals surface area contributed by atoms with Crippen molar-refractivity contribution in [1.29, 1.82) is 0 Å². The Morgan fingerprint density at radius 2 is 1.82 bits per heavy atom. The van der Waals surface area contributed by atoms with Crippen LogP contribution in [0.1, 0.15) is 17.2 Å². The molecule has 0 aliphatic carbocycles. The highest BCUT2D eigenvalue weighted by Gasteiger charge is 2.20. The van der Waals surface area contributed by atoms with Crippen LogP contribution < -0.4 is 10.9 Å². The van der Waals surface area contributed by atoms with Gasteiger partial charge in [-0.2, -0.15) is 5.10 Å². The molecule has 1 atom stereocenters. The number of rotatable bonds is 5. The number of hydrogen-bond acceptors (Lipinski definition) is 5. The van der Waals surface area contributed by atoms with Gasteiger partial charge in [-0.1, -0.05) is 29.8 Å². The Bertz CT molecular complexity index is 1200. The van der Waals surface area contributed by atoms with Crippen LogP contribution in [0, 0.1) is 11.6 Å². The lowest BCUT2D eigenvalue weighted by atomic mass is 9.98. The van der Waals surface area contributed by atoms with Crippen LogP contribution in [0.5, 0.6) is 0 Å². The molecule has 6 nitrogen and oxygen atoms in total. The zero-order valence-corrected chi connectivity index (χ0v) is 16.0. The normalized spacial score (nSPS) is 12.6. The zero-order valence-electron chi connectivity index (χ0n) is 14.4. The van der Waals surface area contributed by atoms with Gasteiger partial charge in [0.2, 0.25) is 0 Å². The molecule has 0 saturated heterocycles. The molecule has 0 aliphatic heterocycles. The van der Waals surface area contributed by atoms with Crippen molar-refractivity contribution in [2.24, 2.45) is 0 Å². The molecule has 0 bridgehead atoms. The summed E-state index contributed by atoms with van der Waals surface area (Å²) in [6.45, 7) is 0. The summed E-state index contributed by atoms with van der Waals surface area (Å²) in [5.74, 6) is -2.10. The van der Waals surface area contributed by atoms with Crippen molar-refractivity contribution in [2.45, 2.75) is 10.9 Å². The summed E-state index contributed by atoms with van der Waals surface area (Å²) in [6.07, 6.45) is 2.32. The van der Waals surface area contributed by atoms with Gasteiger partial charge in [0.25, 0.3) is 5.56 Å². The Balaban J connectivity index is 2.15. The average Bonchev–Trinajstić information content (AvgIpc) is 2.65.